The van der Waals surface area contributed by atoms with Crippen molar-refractivity contribution < 1.29 is 8.78 Å². The Morgan fingerprint density at radius 2 is 1.94 bits per heavy atom. The number of benzene rings is 1. The molecule has 1 atom stereocenters. The highest BCUT2D eigenvalue weighted by Gasteiger charge is 2.20. The fourth-order valence-corrected chi connectivity index (χ4v) is 4.88. The van der Waals surface area contributed by atoms with Crippen LogP contribution in [0.3, 0.4) is 0 Å². The van der Waals surface area contributed by atoms with Crippen LogP contribution in [0.25, 0.3) is 31.8 Å². The average Bonchev–Trinajstić information content (AvgIpc) is 3.28. The molecular formula is C25H27F2N7S. The van der Waals surface area contributed by atoms with Gasteiger partial charge in [0.05, 0.1) is 11.1 Å². The second-order valence-electron chi connectivity index (χ2n) is 8.20. The summed E-state index contributed by atoms with van der Waals surface area (Å²) in [4.78, 5) is 15.0. The number of halogens is 2. The standard InChI is InChI=1S/C25H27F2N7S/c1-15(34(2)3)19-13-31-22(27)12-18(19)17-6-4-5-16-11-21(35-24(16)17)23-20(26)14-32-25(33-23)30-10-9-29-8-7-28/h4-8,11-15,29H,9-10,28H2,1-3H3,(H,30,32,33)/b8-7-. The normalized spacial score (nSPS) is 12.5. The lowest BCUT2D eigenvalue weighted by atomic mass is 9.96. The lowest BCUT2D eigenvalue weighted by Crippen LogP contribution is -2.18. The zero-order valence-electron chi connectivity index (χ0n) is 19.7. The second-order valence-corrected chi connectivity index (χ2v) is 9.25. The summed E-state index contributed by atoms with van der Waals surface area (Å²) in [6.07, 6.45) is 5.79. The van der Waals surface area contributed by atoms with Gasteiger partial charge in [0.15, 0.2) is 5.82 Å². The van der Waals surface area contributed by atoms with Crippen molar-refractivity contribution in [3.63, 3.8) is 0 Å². The molecule has 0 aliphatic heterocycles. The molecule has 7 nitrogen and oxygen atoms in total. The summed E-state index contributed by atoms with van der Waals surface area (Å²) >= 11 is 1.41. The molecule has 1 aromatic carbocycles. The summed E-state index contributed by atoms with van der Waals surface area (Å²) in [6, 6.07) is 9.22. The molecule has 182 valence electrons. The van der Waals surface area contributed by atoms with E-state index in [0.717, 1.165) is 33.0 Å². The minimum absolute atomic E-state index is 0.0237. The lowest BCUT2D eigenvalue weighted by Gasteiger charge is -2.23. The van der Waals surface area contributed by atoms with Crippen LogP contribution in [0.5, 0.6) is 0 Å². The highest BCUT2D eigenvalue weighted by atomic mass is 32.1. The minimum atomic E-state index is -0.544. The van der Waals surface area contributed by atoms with Crippen molar-refractivity contribution in [2.75, 3.05) is 32.5 Å². The Balaban J connectivity index is 1.73. The predicted octanol–water partition coefficient (Wildman–Crippen LogP) is 4.75. The first-order valence-corrected chi connectivity index (χ1v) is 11.9. The third-order valence-electron chi connectivity index (χ3n) is 5.70. The first-order chi connectivity index (χ1) is 16.9. The van der Waals surface area contributed by atoms with E-state index < -0.39 is 11.8 Å². The van der Waals surface area contributed by atoms with Gasteiger partial charge in [-0.1, -0.05) is 18.2 Å². The molecule has 10 heteroatoms. The maximum absolute atomic E-state index is 14.8. The highest BCUT2D eigenvalue weighted by molar-refractivity contribution is 7.22. The van der Waals surface area contributed by atoms with Crippen LogP contribution in [0, 0.1) is 11.8 Å². The van der Waals surface area contributed by atoms with E-state index in [1.54, 1.807) is 12.4 Å². The van der Waals surface area contributed by atoms with Gasteiger partial charge in [-0.05, 0) is 43.6 Å². The first-order valence-electron chi connectivity index (χ1n) is 11.1. The van der Waals surface area contributed by atoms with Crippen molar-refractivity contribution in [2.24, 2.45) is 5.73 Å². The topological polar surface area (TPSA) is 92.0 Å². The number of pyridine rings is 1. The Bertz CT molecular complexity index is 1350. The molecule has 3 heterocycles. The van der Waals surface area contributed by atoms with Crippen molar-refractivity contribution in [1.29, 1.82) is 0 Å². The Morgan fingerprint density at radius 3 is 2.71 bits per heavy atom. The fourth-order valence-electron chi connectivity index (χ4n) is 3.70. The largest absolute Gasteiger partial charge is 0.403 e. The predicted molar refractivity (Wildman–Crippen MR) is 138 cm³/mol. The molecule has 0 radical (unpaired) electrons. The van der Waals surface area contributed by atoms with Gasteiger partial charge in [-0.2, -0.15) is 4.39 Å². The number of hydrogen-bond acceptors (Lipinski definition) is 8. The Hall–Kier alpha value is -3.63. The van der Waals surface area contributed by atoms with E-state index in [4.69, 9.17) is 5.73 Å². The summed E-state index contributed by atoms with van der Waals surface area (Å²) in [5.74, 6) is -0.724. The SMILES string of the molecule is CC(c1cnc(F)cc1-c1cccc2cc(-c3nc(NCCN/C=C\N)ncc3F)sc12)N(C)C. The third kappa shape index (κ3) is 5.39. The molecule has 4 N–H and O–H groups in total. The molecule has 35 heavy (non-hydrogen) atoms. The molecule has 0 spiro atoms. The molecule has 0 saturated heterocycles. The van der Waals surface area contributed by atoms with Crippen LogP contribution in [0.4, 0.5) is 14.7 Å². The van der Waals surface area contributed by atoms with E-state index in [0.29, 0.717) is 23.9 Å². The van der Waals surface area contributed by atoms with Gasteiger partial charge in [-0.15, -0.1) is 11.3 Å². The number of anilines is 1. The van der Waals surface area contributed by atoms with Crippen LogP contribution >= 0.6 is 11.3 Å². The van der Waals surface area contributed by atoms with Crippen LogP contribution in [-0.2, 0) is 0 Å². The quantitative estimate of drug-likeness (QED) is 0.228. The maximum atomic E-state index is 14.8. The smallest absolute Gasteiger partial charge is 0.223 e. The molecule has 3 aromatic heterocycles. The lowest BCUT2D eigenvalue weighted by molar-refractivity contribution is 0.320. The molecule has 0 bridgehead atoms. The summed E-state index contributed by atoms with van der Waals surface area (Å²) < 4.78 is 29.9. The van der Waals surface area contributed by atoms with Gasteiger partial charge < -0.3 is 21.3 Å². The summed E-state index contributed by atoms with van der Waals surface area (Å²) in [5.41, 5.74) is 8.06. The van der Waals surface area contributed by atoms with Crippen molar-refractivity contribution in [3.05, 3.63) is 72.5 Å². The minimum Gasteiger partial charge on any atom is -0.403 e. The van der Waals surface area contributed by atoms with Crippen LogP contribution in [0.15, 0.2) is 55.1 Å². The van der Waals surface area contributed by atoms with Crippen molar-refractivity contribution in [1.82, 2.24) is 25.2 Å². The molecule has 1 unspecified atom stereocenters. The van der Waals surface area contributed by atoms with E-state index in [2.05, 4.69) is 25.6 Å². The molecule has 0 amide bonds. The van der Waals surface area contributed by atoms with Gasteiger partial charge in [0.25, 0.3) is 0 Å². The second kappa shape index (κ2) is 10.7. The molecule has 0 aliphatic rings. The van der Waals surface area contributed by atoms with Crippen molar-refractivity contribution in [3.8, 4) is 21.7 Å². The van der Waals surface area contributed by atoms with E-state index >= 15 is 0 Å². The van der Waals surface area contributed by atoms with Crippen molar-refractivity contribution in [2.45, 2.75) is 13.0 Å². The van der Waals surface area contributed by atoms with E-state index in [-0.39, 0.29) is 11.7 Å². The molecule has 0 aliphatic carbocycles. The number of nitrogens with one attached hydrogen (secondary N) is 2. The number of aromatic nitrogens is 3. The number of nitrogens with zero attached hydrogens (tertiary/aromatic N) is 4. The summed E-state index contributed by atoms with van der Waals surface area (Å²) in [5, 5.41) is 6.99. The average molecular weight is 496 g/mol. The number of fused-ring (bicyclic) bond motifs is 1. The van der Waals surface area contributed by atoms with Gasteiger partial charge >= 0.3 is 0 Å². The Kier molecular flexibility index (Phi) is 7.52. The van der Waals surface area contributed by atoms with Crippen LogP contribution in [0.1, 0.15) is 18.5 Å². The Labute approximate surface area is 206 Å². The van der Waals surface area contributed by atoms with Crippen molar-refractivity contribution >= 4 is 27.4 Å². The van der Waals surface area contributed by atoms with Crippen LogP contribution in [-0.4, -0.2) is 47.0 Å². The number of hydrogen-bond donors (Lipinski definition) is 3. The summed E-state index contributed by atoms with van der Waals surface area (Å²) in [7, 11) is 3.94. The van der Waals surface area contributed by atoms with E-state index in [9.17, 15) is 8.78 Å². The van der Waals surface area contributed by atoms with Crippen LogP contribution < -0.4 is 16.4 Å². The first kappa shape index (κ1) is 24.5. The highest BCUT2D eigenvalue weighted by Crippen LogP contribution is 2.41. The van der Waals surface area contributed by atoms with Gasteiger partial charge in [0.1, 0.15) is 5.69 Å². The fraction of sp³-hybridized carbons (Fsp3) is 0.240. The number of nitrogens with two attached hydrogens (primary N) is 1. The molecule has 4 rings (SSSR count). The maximum Gasteiger partial charge on any atom is 0.223 e. The number of rotatable bonds is 9. The van der Waals surface area contributed by atoms with Gasteiger partial charge in [0.2, 0.25) is 11.9 Å². The van der Waals surface area contributed by atoms with Gasteiger partial charge in [-0.3, -0.25) is 0 Å². The monoisotopic (exact) mass is 495 g/mol. The van der Waals surface area contributed by atoms with Gasteiger partial charge in [0, 0.05) is 54.1 Å². The zero-order chi connectivity index (χ0) is 24.9. The van der Waals surface area contributed by atoms with E-state index in [1.165, 1.54) is 23.6 Å². The van der Waals surface area contributed by atoms with Gasteiger partial charge in [-0.25, -0.2) is 19.3 Å². The molecule has 0 fully saturated rings. The van der Waals surface area contributed by atoms with E-state index in [1.807, 2.05) is 50.2 Å². The number of thiophene rings is 1. The summed E-state index contributed by atoms with van der Waals surface area (Å²) in [6.45, 7) is 3.18. The third-order valence-corrected chi connectivity index (χ3v) is 6.90. The van der Waals surface area contributed by atoms with Crippen LogP contribution in [0.2, 0.25) is 0 Å². The Morgan fingerprint density at radius 1 is 1.11 bits per heavy atom. The molecule has 0 saturated carbocycles. The zero-order valence-corrected chi connectivity index (χ0v) is 20.5. The molecule has 4 aromatic rings. The molecular weight excluding hydrogens is 468 g/mol.